The Hall–Kier alpha value is -0.770. The summed E-state index contributed by atoms with van der Waals surface area (Å²) in [6, 6.07) is 0.522. The molecule has 0 bridgehead atoms. The van der Waals surface area contributed by atoms with Gasteiger partial charge in [0.25, 0.3) is 0 Å². The lowest BCUT2D eigenvalue weighted by Gasteiger charge is -2.32. The molecule has 0 spiro atoms. The second-order valence-corrected chi connectivity index (χ2v) is 4.53. The van der Waals surface area contributed by atoms with Gasteiger partial charge in [-0.1, -0.05) is 13.8 Å². The molecule has 1 aliphatic heterocycles. The lowest BCUT2D eigenvalue weighted by atomic mass is 10.1. The number of rotatable bonds is 5. The summed E-state index contributed by atoms with van der Waals surface area (Å²) in [4.78, 5) is 6.79. The van der Waals surface area contributed by atoms with E-state index in [1.54, 1.807) is 0 Å². The minimum absolute atomic E-state index is 0.522. The Kier molecular flexibility index (Phi) is 6.23. The van der Waals surface area contributed by atoms with Crippen LogP contribution >= 0.6 is 0 Å². The van der Waals surface area contributed by atoms with Crippen LogP contribution in [0.2, 0.25) is 0 Å². The van der Waals surface area contributed by atoms with Gasteiger partial charge in [0.05, 0.1) is 0 Å². The average Bonchev–Trinajstić information content (AvgIpc) is 2.29. The molecular formula is C12H26N4. The summed E-state index contributed by atoms with van der Waals surface area (Å²) in [6.45, 7) is 8.78. The van der Waals surface area contributed by atoms with Crippen LogP contribution < -0.4 is 11.1 Å². The van der Waals surface area contributed by atoms with Crippen molar-refractivity contribution in [2.24, 2.45) is 10.7 Å². The highest BCUT2D eigenvalue weighted by molar-refractivity contribution is 5.78. The van der Waals surface area contributed by atoms with Crippen molar-refractivity contribution in [1.29, 1.82) is 0 Å². The molecule has 1 aliphatic rings. The molecule has 16 heavy (non-hydrogen) atoms. The van der Waals surface area contributed by atoms with E-state index in [-0.39, 0.29) is 0 Å². The van der Waals surface area contributed by atoms with E-state index in [9.17, 15) is 0 Å². The summed E-state index contributed by atoms with van der Waals surface area (Å²) in [5.74, 6) is 0.621. The molecule has 0 unspecified atom stereocenters. The van der Waals surface area contributed by atoms with E-state index in [0.717, 1.165) is 13.0 Å². The Morgan fingerprint density at radius 3 is 2.56 bits per heavy atom. The smallest absolute Gasteiger partial charge is 0.188 e. The van der Waals surface area contributed by atoms with Gasteiger partial charge < -0.3 is 16.0 Å². The topological polar surface area (TPSA) is 53.6 Å². The minimum atomic E-state index is 0.522. The Bertz CT molecular complexity index is 207. The molecular weight excluding hydrogens is 200 g/mol. The van der Waals surface area contributed by atoms with Gasteiger partial charge in [-0.3, -0.25) is 4.99 Å². The fourth-order valence-electron chi connectivity index (χ4n) is 2.10. The first-order chi connectivity index (χ1) is 7.76. The fourth-order valence-corrected chi connectivity index (χ4v) is 2.10. The van der Waals surface area contributed by atoms with Crippen LogP contribution in [-0.4, -0.2) is 43.1 Å². The number of nitrogens with two attached hydrogens (primary N) is 1. The first-order valence-corrected chi connectivity index (χ1v) is 6.55. The van der Waals surface area contributed by atoms with Crippen LogP contribution in [0.25, 0.3) is 0 Å². The number of nitrogens with zero attached hydrogens (tertiary/aromatic N) is 2. The van der Waals surface area contributed by atoms with Gasteiger partial charge in [-0.2, -0.15) is 0 Å². The van der Waals surface area contributed by atoms with E-state index in [4.69, 9.17) is 5.73 Å². The number of hydrogen-bond acceptors (Lipinski definition) is 2. The predicted octanol–water partition coefficient (Wildman–Crippen LogP) is 1.18. The molecule has 3 N–H and O–H groups in total. The normalized spacial score (nSPS) is 20.0. The Morgan fingerprint density at radius 1 is 1.31 bits per heavy atom. The summed E-state index contributed by atoms with van der Waals surface area (Å²) in [5, 5.41) is 3.32. The molecule has 1 saturated heterocycles. The summed E-state index contributed by atoms with van der Waals surface area (Å²) in [6.07, 6.45) is 4.67. The molecule has 0 saturated carbocycles. The summed E-state index contributed by atoms with van der Waals surface area (Å²) < 4.78 is 0. The maximum atomic E-state index is 5.81. The average molecular weight is 226 g/mol. The van der Waals surface area contributed by atoms with Crippen LogP contribution in [0.5, 0.6) is 0 Å². The second kappa shape index (κ2) is 7.49. The standard InChI is InChI=1S/C12H26N4/c1-3-7-14-12(13)15-11-5-9-16(8-4-2)10-6-11/h11H,3-10H2,1-2H3,(H3,13,14,15). The highest BCUT2D eigenvalue weighted by Gasteiger charge is 2.18. The van der Waals surface area contributed by atoms with E-state index in [1.165, 1.54) is 38.9 Å². The van der Waals surface area contributed by atoms with Crippen LogP contribution in [0.4, 0.5) is 0 Å². The highest BCUT2D eigenvalue weighted by atomic mass is 15.2. The third-order valence-electron chi connectivity index (χ3n) is 2.99. The monoisotopic (exact) mass is 226 g/mol. The number of hydrogen-bond donors (Lipinski definition) is 2. The van der Waals surface area contributed by atoms with Crippen molar-refractivity contribution in [3.05, 3.63) is 0 Å². The van der Waals surface area contributed by atoms with Crippen molar-refractivity contribution >= 4 is 5.96 Å². The first kappa shape index (κ1) is 13.3. The maximum Gasteiger partial charge on any atom is 0.188 e. The third-order valence-corrected chi connectivity index (χ3v) is 2.99. The molecule has 4 nitrogen and oxygen atoms in total. The molecule has 1 heterocycles. The van der Waals surface area contributed by atoms with Crippen molar-refractivity contribution in [2.45, 2.75) is 45.6 Å². The maximum absolute atomic E-state index is 5.81. The molecule has 4 heteroatoms. The van der Waals surface area contributed by atoms with E-state index in [1.807, 2.05) is 0 Å². The van der Waals surface area contributed by atoms with Crippen molar-refractivity contribution in [3.8, 4) is 0 Å². The van der Waals surface area contributed by atoms with Crippen LogP contribution in [0.3, 0.4) is 0 Å². The molecule has 0 aliphatic carbocycles. The van der Waals surface area contributed by atoms with E-state index in [0.29, 0.717) is 12.0 Å². The van der Waals surface area contributed by atoms with E-state index < -0.39 is 0 Å². The quantitative estimate of drug-likeness (QED) is 0.546. The molecule has 0 aromatic heterocycles. The first-order valence-electron chi connectivity index (χ1n) is 6.55. The Morgan fingerprint density at radius 2 is 2.00 bits per heavy atom. The predicted molar refractivity (Wildman–Crippen MR) is 69.7 cm³/mol. The van der Waals surface area contributed by atoms with Crippen LogP contribution in [0.15, 0.2) is 4.99 Å². The second-order valence-electron chi connectivity index (χ2n) is 4.53. The van der Waals surface area contributed by atoms with Gasteiger partial charge in [0.2, 0.25) is 0 Å². The van der Waals surface area contributed by atoms with Gasteiger partial charge >= 0.3 is 0 Å². The summed E-state index contributed by atoms with van der Waals surface area (Å²) in [7, 11) is 0. The number of piperidine rings is 1. The van der Waals surface area contributed by atoms with Crippen molar-refractivity contribution in [2.75, 3.05) is 26.2 Å². The summed E-state index contributed by atoms with van der Waals surface area (Å²) in [5.41, 5.74) is 5.81. The lowest BCUT2D eigenvalue weighted by Crippen LogP contribution is -2.47. The SMILES string of the molecule is CCCN=C(N)NC1CCN(CCC)CC1. The largest absolute Gasteiger partial charge is 0.370 e. The zero-order valence-electron chi connectivity index (χ0n) is 10.7. The molecule has 0 atom stereocenters. The van der Waals surface area contributed by atoms with Gasteiger partial charge in [0.15, 0.2) is 5.96 Å². The Labute approximate surface area is 99.3 Å². The van der Waals surface area contributed by atoms with Crippen LogP contribution in [-0.2, 0) is 0 Å². The summed E-state index contributed by atoms with van der Waals surface area (Å²) >= 11 is 0. The van der Waals surface area contributed by atoms with Crippen molar-refractivity contribution < 1.29 is 0 Å². The molecule has 1 fully saturated rings. The third kappa shape index (κ3) is 4.84. The minimum Gasteiger partial charge on any atom is -0.370 e. The molecule has 0 aromatic rings. The van der Waals surface area contributed by atoms with Crippen molar-refractivity contribution in [3.63, 3.8) is 0 Å². The molecule has 0 radical (unpaired) electrons. The molecule has 0 amide bonds. The number of likely N-dealkylation sites (tertiary alicyclic amines) is 1. The van der Waals surface area contributed by atoms with E-state index >= 15 is 0 Å². The number of nitrogens with one attached hydrogen (secondary N) is 1. The van der Waals surface area contributed by atoms with Gasteiger partial charge in [0, 0.05) is 25.7 Å². The number of guanidine groups is 1. The van der Waals surface area contributed by atoms with E-state index in [2.05, 4.69) is 29.1 Å². The van der Waals surface area contributed by atoms with Gasteiger partial charge in [0.1, 0.15) is 0 Å². The van der Waals surface area contributed by atoms with Gasteiger partial charge in [-0.25, -0.2) is 0 Å². The fraction of sp³-hybridized carbons (Fsp3) is 0.917. The number of aliphatic imine (C=N–C) groups is 1. The Balaban J connectivity index is 2.21. The molecule has 0 aromatic carbocycles. The molecule has 94 valence electrons. The van der Waals surface area contributed by atoms with Gasteiger partial charge in [-0.15, -0.1) is 0 Å². The van der Waals surface area contributed by atoms with Gasteiger partial charge in [-0.05, 0) is 32.2 Å². The zero-order valence-corrected chi connectivity index (χ0v) is 10.7. The van der Waals surface area contributed by atoms with Crippen LogP contribution in [0.1, 0.15) is 39.5 Å². The van der Waals surface area contributed by atoms with Crippen LogP contribution in [0, 0.1) is 0 Å². The van der Waals surface area contributed by atoms with Crippen molar-refractivity contribution in [1.82, 2.24) is 10.2 Å². The lowest BCUT2D eigenvalue weighted by molar-refractivity contribution is 0.206. The molecule has 1 rings (SSSR count). The zero-order chi connectivity index (χ0) is 11.8. The highest BCUT2D eigenvalue weighted by Crippen LogP contribution is 2.10.